The summed E-state index contributed by atoms with van der Waals surface area (Å²) in [4.78, 5) is 2.37. The van der Waals surface area contributed by atoms with Gasteiger partial charge in [0.2, 0.25) is 0 Å². The fourth-order valence-electron chi connectivity index (χ4n) is 6.22. The third-order valence-electron chi connectivity index (χ3n) is 8.39. The summed E-state index contributed by atoms with van der Waals surface area (Å²) >= 11 is 7.59. The number of hydrogen-bond donors (Lipinski definition) is 0. The summed E-state index contributed by atoms with van der Waals surface area (Å²) in [6.07, 6.45) is 0. The molecule has 0 saturated heterocycles. The summed E-state index contributed by atoms with van der Waals surface area (Å²) in [5.41, 5.74) is 11.9. The van der Waals surface area contributed by atoms with Gasteiger partial charge in [-0.3, -0.25) is 0 Å². The van der Waals surface area contributed by atoms with Gasteiger partial charge in [0, 0.05) is 36.9 Å². The van der Waals surface area contributed by atoms with Crippen LogP contribution in [0.4, 0.5) is 17.1 Å². The molecular formula is C42H27Br2NO. The summed E-state index contributed by atoms with van der Waals surface area (Å²) in [5, 5.41) is 0. The molecule has 0 unspecified atom stereocenters. The lowest BCUT2D eigenvalue weighted by Gasteiger charge is -2.32. The Kier molecular flexibility index (Phi) is 7.53. The molecule has 46 heavy (non-hydrogen) atoms. The molecule has 220 valence electrons. The minimum atomic E-state index is 0.791. The number of benzene rings is 7. The zero-order chi connectivity index (χ0) is 31.0. The van der Waals surface area contributed by atoms with Crippen LogP contribution >= 0.6 is 31.9 Å². The van der Waals surface area contributed by atoms with Crippen molar-refractivity contribution in [3.63, 3.8) is 0 Å². The van der Waals surface area contributed by atoms with Crippen LogP contribution in [0.1, 0.15) is 0 Å². The SMILES string of the molecule is Brc1ccc2c(c1)-c1cc(-c3ccccc3)ccc1Oc1ccc(-c3ccccc3)cc1-c1cc(Br)ccc1N2c1ccccc1. The lowest BCUT2D eigenvalue weighted by Crippen LogP contribution is -2.13. The Bertz CT molecular complexity index is 2060. The average molecular weight is 721 g/mol. The molecule has 0 amide bonds. The minimum Gasteiger partial charge on any atom is -0.456 e. The van der Waals surface area contributed by atoms with Gasteiger partial charge in [-0.2, -0.15) is 0 Å². The largest absolute Gasteiger partial charge is 0.456 e. The van der Waals surface area contributed by atoms with Gasteiger partial charge >= 0.3 is 0 Å². The van der Waals surface area contributed by atoms with Crippen LogP contribution in [-0.2, 0) is 0 Å². The molecule has 2 nitrogen and oxygen atoms in total. The average Bonchev–Trinajstić information content (AvgIpc) is 3.11. The molecule has 0 N–H and O–H groups in total. The molecule has 7 aromatic carbocycles. The Morgan fingerprint density at radius 2 is 0.804 bits per heavy atom. The van der Waals surface area contributed by atoms with Gasteiger partial charge in [-0.1, -0.05) is 123 Å². The smallest absolute Gasteiger partial charge is 0.135 e. The number of anilines is 3. The van der Waals surface area contributed by atoms with E-state index in [0.29, 0.717) is 0 Å². The van der Waals surface area contributed by atoms with Crippen molar-refractivity contribution in [2.24, 2.45) is 0 Å². The summed E-state index contributed by atoms with van der Waals surface area (Å²) in [6.45, 7) is 0. The number of nitrogens with zero attached hydrogens (tertiary/aromatic N) is 1. The van der Waals surface area contributed by atoms with E-state index in [0.717, 1.165) is 82.0 Å². The molecule has 8 rings (SSSR count). The number of para-hydroxylation sites is 1. The van der Waals surface area contributed by atoms with Gasteiger partial charge in [-0.05, 0) is 95.1 Å². The molecule has 0 aliphatic carbocycles. The Morgan fingerprint density at radius 3 is 1.26 bits per heavy atom. The van der Waals surface area contributed by atoms with Crippen molar-refractivity contribution in [1.29, 1.82) is 0 Å². The first-order valence-electron chi connectivity index (χ1n) is 15.1. The molecule has 0 spiro atoms. The van der Waals surface area contributed by atoms with E-state index in [1.165, 1.54) is 0 Å². The van der Waals surface area contributed by atoms with E-state index in [4.69, 9.17) is 4.74 Å². The normalized spacial score (nSPS) is 11.8. The lowest BCUT2D eigenvalue weighted by atomic mass is 9.93. The Hall–Kier alpha value is -4.90. The fourth-order valence-corrected chi connectivity index (χ4v) is 6.94. The molecule has 7 aromatic rings. The quantitative estimate of drug-likeness (QED) is 0.180. The number of fused-ring (bicyclic) bond motifs is 6. The molecule has 0 fully saturated rings. The molecule has 1 heterocycles. The highest BCUT2D eigenvalue weighted by atomic mass is 79.9. The maximum Gasteiger partial charge on any atom is 0.135 e. The van der Waals surface area contributed by atoms with Crippen LogP contribution in [-0.4, -0.2) is 0 Å². The van der Waals surface area contributed by atoms with Crippen molar-refractivity contribution in [2.75, 3.05) is 4.90 Å². The molecular weight excluding hydrogens is 694 g/mol. The van der Waals surface area contributed by atoms with E-state index in [1.807, 2.05) is 0 Å². The van der Waals surface area contributed by atoms with Gasteiger partial charge in [0.25, 0.3) is 0 Å². The Balaban J connectivity index is 1.47. The summed E-state index contributed by atoms with van der Waals surface area (Å²) in [5.74, 6) is 1.58. The first-order chi connectivity index (χ1) is 22.6. The van der Waals surface area contributed by atoms with Crippen molar-refractivity contribution >= 4 is 48.9 Å². The zero-order valence-corrected chi connectivity index (χ0v) is 27.9. The summed E-state index contributed by atoms with van der Waals surface area (Å²) in [7, 11) is 0. The van der Waals surface area contributed by atoms with Crippen molar-refractivity contribution in [3.8, 4) is 56.0 Å². The predicted molar refractivity (Wildman–Crippen MR) is 198 cm³/mol. The number of rotatable bonds is 3. The lowest BCUT2D eigenvalue weighted by molar-refractivity contribution is 0.486. The maximum absolute atomic E-state index is 6.99. The number of halogens is 2. The van der Waals surface area contributed by atoms with Gasteiger partial charge in [0.15, 0.2) is 0 Å². The van der Waals surface area contributed by atoms with Crippen LogP contribution in [0.3, 0.4) is 0 Å². The topological polar surface area (TPSA) is 12.5 Å². The maximum atomic E-state index is 6.99. The van der Waals surface area contributed by atoms with Crippen LogP contribution in [0, 0.1) is 0 Å². The second kappa shape index (κ2) is 12.1. The van der Waals surface area contributed by atoms with E-state index >= 15 is 0 Å². The monoisotopic (exact) mass is 719 g/mol. The summed E-state index contributed by atoms with van der Waals surface area (Å²) in [6, 6.07) is 57.6. The highest BCUT2D eigenvalue weighted by Crippen LogP contribution is 2.52. The first kappa shape index (κ1) is 28.6. The van der Waals surface area contributed by atoms with E-state index in [2.05, 4.69) is 201 Å². The molecule has 0 radical (unpaired) electrons. The molecule has 4 heteroatoms. The van der Waals surface area contributed by atoms with E-state index in [-0.39, 0.29) is 0 Å². The minimum absolute atomic E-state index is 0.791. The summed E-state index contributed by atoms with van der Waals surface area (Å²) < 4.78 is 8.98. The third kappa shape index (κ3) is 5.34. The second-order valence-corrected chi connectivity index (χ2v) is 13.1. The third-order valence-corrected chi connectivity index (χ3v) is 9.37. The van der Waals surface area contributed by atoms with Crippen LogP contribution in [0.5, 0.6) is 11.5 Å². The molecule has 0 atom stereocenters. The molecule has 1 aliphatic rings. The standard InChI is InChI=1S/C42H27Br2NO/c43-32-18-20-39-35(26-32)37-24-30(28-10-4-1-5-11-28)16-22-41(37)46-42-23-17-31(29-12-6-2-7-13-29)25-38(42)36-27-33(44)19-21-40(36)45(39)34-14-8-3-9-15-34/h1-27H. The highest BCUT2D eigenvalue weighted by molar-refractivity contribution is 9.10. The fraction of sp³-hybridized carbons (Fsp3) is 0. The molecule has 0 bridgehead atoms. The predicted octanol–water partition coefficient (Wildman–Crippen LogP) is 13.5. The number of ether oxygens (including phenoxy) is 1. The van der Waals surface area contributed by atoms with Gasteiger partial charge in [0.1, 0.15) is 11.5 Å². The second-order valence-electron chi connectivity index (χ2n) is 11.2. The van der Waals surface area contributed by atoms with Crippen LogP contribution in [0.25, 0.3) is 44.5 Å². The van der Waals surface area contributed by atoms with Crippen LogP contribution < -0.4 is 9.64 Å². The highest BCUT2D eigenvalue weighted by Gasteiger charge is 2.26. The molecule has 1 aliphatic heterocycles. The van der Waals surface area contributed by atoms with Gasteiger partial charge in [-0.25, -0.2) is 0 Å². The van der Waals surface area contributed by atoms with E-state index < -0.39 is 0 Å². The number of hydrogen-bond acceptors (Lipinski definition) is 2. The Morgan fingerprint density at radius 1 is 0.370 bits per heavy atom. The van der Waals surface area contributed by atoms with Crippen LogP contribution in [0.2, 0.25) is 0 Å². The molecule has 0 aromatic heterocycles. The van der Waals surface area contributed by atoms with Crippen molar-refractivity contribution in [3.05, 3.63) is 173 Å². The Labute approximate surface area is 285 Å². The van der Waals surface area contributed by atoms with E-state index in [1.54, 1.807) is 0 Å². The van der Waals surface area contributed by atoms with Crippen molar-refractivity contribution in [2.45, 2.75) is 0 Å². The molecule has 0 saturated carbocycles. The van der Waals surface area contributed by atoms with E-state index in [9.17, 15) is 0 Å². The van der Waals surface area contributed by atoms with Crippen molar-refractivity contribution in [1.82, 2.24) is 0 Å². The first-order valence-corrected chi connectivity index (χ1v) is 16.7. The van der Waals surface area contributed by atoms with Gasteiger partial charge in [-0.15, -0.1) is 0 Å². The van der Waals surface area contributed by atoms with Gasteiger partial charge in [0.05, 0.1) is 11.4 Å². The van der Waals surface area contributed by atoms with Crippen LogP contribution in [0.15, 0.2) is 173 Å². The van der Waals surface area contributed by atoms with Crippen molar-refractivity contribution < 1.29 is 4.74 Å². The van der Waals surface area contributed by atoms with Gasteiger partial charge < -0.3 is 9.64 Å². The zero-order valence-electron chi connectivity index (χ0n) is 24.7.